The molecule has 0 atom stereocenters. The number of aromatic nitrogens is 2. The van der Waals surface area contributed by atoms with Gasteiger partial charge in [0, 0.05) is 7.05 Å². The van der Waals surface area contributed by atoms with E-state index in [1.165, 1.54) is 5.56 Å². The molecule has 0 radical (unpaired) electrons. The number of benzene rings is 1. The Kier molecular flexibility index (Phi) is 3.90. The number of rotatable bonds is 4. The van der Waals surface area contributed by atoms with Crippen molar-refractivity contribution in [1.82, 2.24) is 9.97 Å². The van der Waals surface area contributed by atoms with Crippen LogP contribution in [0.5, 0.6) is 0 Å². The average molecular weight is 393 g/mol. The lowest BCUT2D eigenvalue weighted by Gasteiger charge is -2.19. The predicted octanol–water partition coefficient (Wildman–Crippen LogP) is 4.33. The van der Waals surface area contributed by atoms with Crippen molar-refractivity contribution in [2.75, 3.05) is 12.4 Å². The molecule has 1 aromatic heterocycles. The lowest BCUT2D eigenvalue weighted by Crippen LogP contribution is -2.17. The molecule has 110 valence electrons. The normalized spacial score (nSPS) is 16.0. The summed E-state index contributed by atoms with van der Waals surface area (Å²) in [5, 5.41) is 3.22. The molecule has 0 amide bonds. The maximum atomic E-state index is 4.93. The Hall–Kier alpha value is -1.17. The van der Waals surface area contributed by atoms with Gasteiger partial charge in [0.1, 0.15) is 11.6 Å². The largest absolute Gasteiger partial charge is 0.372 e. The highest BCUT2D eigenvalue weighted by Crippen LogP contribution is 2.52. The van der Waals surface area contributed by atoms with Crippen LogP contribution in [0.25, 0.3) is 0 Å². The minimum Gasteiger partial charge on any atom is -0.372 e. The molecule has 0 bridgehead atoms. The lowest BCUT2D eigenvalue weighted by atomic mass is 9.94. The van der Waals surface area contributed by atoms with Gasteiger partial charge in [0.2, 0.25) is 0 Å². The zero-order valence-electron chi connectivity index (χ0n) is 12.7. The van der Waals surface area contributed by atoms with Gasteiger partial charge >= 0.3 is 0 Å². The van der Waals surface area contributed by atoms with Crippen LogP contribution in [0.15, 0.2) is 30.3 Å². The van der Waals surface area contributed by atoms with E-state index in [2.05, 4.69) is 72.1 Å². The maximum absolute atomic E-state index is 4.93. The highest BCUT2D eigenvalue weighted by Gasteiger charge is 2.49. The van der Waals surface area contributed by atoms with Gasteiger partial charge in [-0.05, 0) is 46.9 Å². The van der Waals surface area contributed by atoms with E-state index in [4.69, 9.17) is 9.97 Å². The van der Waals surface area contributed by atoms with Gasteiger partial charge in [-0.1, -0.05) is 44.2 Å². The summed E-state index contributed by atoms with van der Waals surface area (Å²) in [7, 11) is 1.93. The quantitative estimate of drug-likeness (QED) is 0.786. The third-order valence-electron chi connectivity index (χ3n) is 4.16. The molecule has 1 fully saturated rings. The molecule has 1 aliphatic rings. The fourth-order valence-corrected chi connectivity index (χ4v) is 3.88. The van der Waals surface area contributed by atoms with Crippen LogP contribution in [0.1, 0.15) is 49.7 Å². The smallest absolute Gasteiger partial charge is 0.143 e. The van der Waals surface area contributed by atoms with Crippen molar-refractivity contribution in [3.05, 3.63) is 51.0 Å². The van der Waals surface area contributed by atoms with Crippen molar-refractivity contribution in [3.63, 3.8) is 0 Å². The second-order valence-corrected chi connectivity index (χ2v) is 7.03. The molecule has 0 saturated heterocycles. The fraction of sp³-hybridized carbons (Fsp3) is 0.412. The van der Waals surface area contributed by atoms with Crippen LogP contribution in [0.3, 0.4) is 0 Å². The maximum Gasteiger partial charge on any atom is 0.143 e. The Balaban J connectivity index is 2.13. The van der Waals surface area contributed by atoms with Crippen molar-refractivity contribution >= 4 is 28.4 Å². The molecule has 0 spiro atoms. The molecule has 0 unspecified atom stereocenters. The van der Waals surface area contributed by atoms with E-state index < -0.39 is 0 Å². The van der Waals surface area contributed by atoms with E-state index >= 15 is 0 Å². The molecule has 3 nitrogen and oxygen atoms in total. The molecule has 3 rings (SSSR count). The summed E-state index contributed by atoms with van der Waals surface area (Å²) in [6, 6.07) is 10.7. The number of nitrogens with one attached hydrogen (secondary N) is 1. The summed E-state index contributed by atoms with van der Waals surface area (Å²) >= 11 is 2.35. The third-order valence-corrected chi connectivity index (χ3v) is 5.23. The Morgan fingerprint density at radius 3 is 2.33 bits per heavy atom. The summed E-state index contributed by atoms with van der Waals surface area (Å²) in [6.45, 7) is 4.38. The zero-order chi connectivity index (χ0) is 15.0. The number of nitrogens with zero attached hydrogens (tertiary/aromatic N) is 2. The Bertz CT molecular complexity index is 649. The van der Waals surface area contributed by atoms with E-state index in [0.717, 1.165) is 33.7 Å². The van der Waals surface area contributed by atoms with Crippen LogP contribution in [-0.2, 0) is 5.41 Å². The van der Waals surface area contributed by atoms with Crippen molar-refractivity contribution < 1.29 is 0 Å². The van der Waals surface area contributed by atoms with Gasteiger partial charge in [-0.25, -0.2) is 9.97 Å². The summed E-state index contributed by atoms with van der Waals surface area (Å²) in [5.41, 5.74) is 2.51. The molecule has 1 aromatic carbocycles. The molecular weight excluding hydrogens is 373 g/mol. The van der Waals surface area contributed by atoms with E-state index in [-0.39, 0.29) is 5.41 Å². The number of halogens is 1. The Morgan fingerprint density at radius 2 is 1.81 bits per heavy atom. The predicted molar refractivity (Wildman–Crippen MR) is 94.8 cm³/mol. The first-order chi connectivity index (χ1) is 10.1. The first kappa shape index (κ1) is 14.8. The second kappa shape index (κ2) is 5.55. The zero-order valence-corrected chi connectivity index (χ0v) is 14.8. The third kappa shape index (κ3) is 2.54. The van der Waals surface area contributed by atoms with Crippen LogP contribution in [-0.4, -0.2) is 17.0 Å². The van der Waals surface area contributed by atoms with E-state index in [0.29, 0.717) is 5.92 Å². The average Bonchev–Trinajstić information content (AvgIpc) is 3.30. The molecule has 0 aliphatic heterocycles. The van der Waals surface area contributed by atoms with Crippen molar-refractivity contribution in [2.24, 2.45) is 0 Å². The van der Waals surface area contributed by atoms with Gasteiger partial charge in [0.25, 0.3) is 0 Å². The molecular formula is C17H20IN3. The van der Waals surface area contributed by atoms with Crippen molar-refractivity contribution in [1.29, 1.82) is 0 Å². The fourth-order valence-electron chi connectivity index (χ4n) is 2.75. The molecule has 1 heterocycles. The summed E-state index contributed by atoms with van der Waals surface area (Å²) in [5.74, 6) is 2.32. The number of hydrogen-bond donors (Lipinski definition) is 1. The Morgan fingerprint density at radius 1 is 1.14 bits per heavy atom. The summed E-state index contributed by atoms with van der Waals surface area (Å²) in [6.07, 6.45) is 2.27. The highest BCUT2D eigenvalue weighted by atomic mass is 127. The standard InChI is InChI=1S/C17H20IN3/c1-11(2)14-13(18)15(19-3)21-16(20-14)17(9-10-17)12-7-5-4-6-8-12/h4-8,11H,9-10H2,1-3H3,(H,19,20,21). The van der Waals surface area contributed by atoms with Crippen LogP contribution in [0, 0.1) is 3.57 Å². The first-order valence-electron chi connectivity index (χ1n) is 7.39. The van der Waals surface area contributed by atoms with Gasteiger partial charge in [-0.15, -0.1) is 0 Å². The Labute approximate surface area is 139 Å². The highest BCUT2D eigenvalue weighted by molar-refractivity contribution is 14.1. The molecule has 1 saturated carbocycles. The van der Waals surface area contributed by atoms with Crippen LogP contribution in [0.2, 0.25) is 0 Å². The van der Waals surface area contributed by atoms with Crippen molar-refractivity contribution in [3.8, 4) is 0 Å². The van der Waals surface area contributed by atoms with Gasteiger partial charge in [-0.2, -0.15) is 0 Å². The topological polar surface area (TPSA) is 37.8 Å². The van der Waals surface area contributed by atoms with Crippen molar-refractivity contribution in [2.45, 2.75) is 38.0 Å². The summed E-state index contributed by atoms with van der Waals surface area (Å²) < 4.78 is 1.14. The minimum absolute atomic E-state index is 0.0286. The van der Waals surface area contributed by atoms with Crippen LogP contribution in [0.4, 0.5) is 5.82 Å². The van der Waals surface area contributed by atoms with E-state index in [1.54, 1.807) is 0 Å². The number of anilines is 1. The molecule has 1 N–H and O–H groups in total. The van der Waals surface area contributed by atoms with Crippen LogP contribution >= 0.6 is 22.6 Å². The minimum atomic E-state index is 0.0286. The molecule has 4 heteroatoms. The lowest BCUT2D eigenvalue weighted by molar-refractivity contribution is 0.713. The summed E-state index contributed by atoms with van der Waals surface area (Å²) in [4.78, 5) is 9.75. The number of hydrogen-bond acceptors (Lipinski definition) is 3. The first-order valence-corrected chi connectivity index (χ1v) is 8.47. The molecule has 1 aliphatic carbocycles. The van der Waals surface area contributed by atoms with Gasteiger partial charge in [0.15, 0.2) is 0 Å². The van der Waals surface area contributed by atoms with E-state index in [1.807, 2.05) is 7.05 Å². The van der Waals surface area contributed by atoms with Gasteiger partial charge in [-0.3, -0.25) is 0 Å². The van der Waals surface area contributed by atoms with E-state index in [9.17, 15) is 0 Å². The van der Waals surface area contributed by atoms with Gasteiger partial charge in [0.05, 0.1) is 14.7 Å². The monoisotopic (exact) mass is 393 g/mol. The SMILES string of the molecule is CNc1nc(C2(c3ccccc3)CC2)nc(C(C)C)c1I. The molecule has 21 heavy (non-hydrogen) atoms. The molecule has 2 aromatic rings. The van der Waals surface area contributed by atoms with Crippen LogP contribution < -0.4 is 5.32 Å². The van der Waals surface area contributed by atoms with Gasteiger partial charge < -0.3 is 5.32 Å². The second-order valence-electron chi connectivity index (χ2n) is 5.95.